The van der Waals surface area contributed by atoms with E-state index in [-0.39, 0.29) is 12.0 Å². The van der Waals surface area contributed by atoms with Crippen LogP contribution in [-0.2, 0) is 9.53 Å². The number of carbonyl (C=O) groups is 1. The molecule has 2 aromatic rings. The summed E-state index contributed by atoms with van der Waals surface area (Å²) in [5, 5.41) is 9.87. The van der Waals surface area contributed by atoms with Gasteiger partial charge in [0.1, 0.15) is 6.10 Å². The van der Waals surface area contributed by atoms with Gasteiger partial charge in [-0.25, -0.2) is 0 Å². The SMILES string of the molecule is Cc1ccccc1-c1cc(NC(=O)[C@H]2CCCO2)n[nH]1. The van der Waals surface area contributed by atoms with E-state index in [1.807, 2.05) is 37.3 Å². The third kappa shape index (κ3) is 2.58. The normalized spacial score (nSPS) is 18.1. The highest BCUT2D eigenvalue weighted by molar-refractivity contribution is 5.94. The molecule has 104 valence electrons. The molecular weight excluding hydrogens is 254 g/mol. The second-order valence-corrected chi connectivity index (χ2v) is 4.97. The molecule has 0 aliphatic carbocycles. The van der Waals surface area contributed by atoms with Crippen molar-refractivity contribution in [2.24, 2.45) is 0 Å². The lowest BCUT2D eigenvalue weighted by Crippen LogP contribution is -2.26. The van der Waals surface area contributed by atoms with Gasteiger partial charge in [0.2, 0.25) is 0 Å². The van der Waals surface area contributed by atoms with E-state index in [9.17, 15) is 4.79 Å². The summed E-state index contributed by atoms with van der Waals surface area (Å²) >= 11 is 0. The van der Waals surface area contributed by atoms with Gasteiger partial charge in [-0.3, -0.25) is 9.89 Å². The average molecular weight is 271 g/mol. The van der Waals surface area contributed by atoms with Crippen molar-refractivity contribution >= 4 is 11.7 Å². The number of hydrogen-bond donors (Lipinski definition) is 2. The third-order valence-corrected chi connectivity index (χ3v) is 3.49. The molecule has 1 saturated heterocycles. The minimum absolute atomic E-state index is 0.120. The van der Waals surface area contributed by atoms with E-state index in [1.165, 1.54) is 0 Å². The highest BCUT2D eigenvalue weighted by Gasteiger charge is 2.24. The smallest absolute Gasteiger partial charge is 0.254 e. The summed E-state index contributed by atoms with van der Waals surface area (Å²) in [7, 11) is 0. The Morgan fingerprint density at radius 1 is 1.45 bits per heavy atom. The molecule has 1 aromatic carbocycles. The predicted molar refractivity (Wildman–Crippen MR) is 76.4 cm³/mol. The zero-order chi connectivity index (χ0) is 13.9. The van der Waals surface area contributed by atoms with Gasteiger partial charge >= 0.3 is 0 Å². The van der Waals surface area contributed by atoms with Crippen molar-refractivity contribution in [3.63, 3.8) is 0 Å². The fraction of sp³-hybridized carbons (Fsp3) is 0.333. The van der Waals surface area contributed by atoms with Crippen LogP contribution in [0.4, 0.5) is 5.82 Å². The Balaban J connectivity index is 1.74. The van der Waals surface area contributed by atoms with Crippen molar-refractivity contribution in [1.82, 2.24) is 10.2 Å². The summed E-state index contributed by atoms with van der Waals surface area (Å²) in [4.78, 5) is 11.9. The summed E-state index contributed by atoms with van der Waals surface area (Å²) in [6.45, 7) is 2.70. The molecule has 0 radical (unpaired) electrons. The van der Waals surface area contributed by atoms with Gasteiger partial charge in [0.05, 0.1) is 5.69 Å². The summed E-state index contributed by atoms with van der Waals surface area (Å²) in [6.07, 6.45) is 1.38. The maximum Gasteiger partial charge on any atom is 0.254 e. The van der Waals surface area contributed by atoms with Crippen LogP contribution in [0.3, 0.4) is 0 Å². The number of nitrogens with zero attached hydrogens (tertiary/aromatic N) is 1. The van der Waals surface area contributed by atoms with Gasteiger partial charge in [0.15, 0.2) is 5.82 Å². The van der Waals surface area contributed by atoms with Gasteiger partial charge in [-0.1, -0.05) is 24.3 Å². The van der Waals surface area contributed by atoms with Gasteiger partial charge < -0.3 is 10.1 Å². The Morgan fingerprint density at radius 2 is 2.30 bits per heavy atom. The van der Waals surface area contributed by atoms with Crippen LogP contribution in [0.15, 0.2) is 30.3 Å². The van der Waals surface area contributed by atoms with Crippen LogP contribution in [-0.4, -0.2) is 28.8 Å². The Morgan fingerprint density at radius 3 is 3.05 bits per heavy atom. The topological polar surface area (TPSA) is 67.0 Å². The van der Waals surface area contributed by atoms with Crippen molar-refractivity contribution in [2.75, 3.05) is 11.9 Å². The molecule has 3 rings (SSSR count). The first kappa shape index (κ1) is 12.9. The zero-order valence-electron chi connectivity index (χ0n) is 11.3. The lowest BCUT2D eigenvalue weighted by Gasteiger charge is -2.07. The number of aryl methyl sites for hydroxylation is 1. The monoisotopic (exact) mass is 271 g/mol. The molecule has 0 unspecified atom stereocenters. The van der Waals surface area contributed by atoms with Crippen LogP contribution in [0.25, 0.3) is 11.3 Å². The molecule has 20 heavy (non-hydrogen) atoms. The lowest BCUT2D eigenvalue weighted by molar-refractivity contribution is -0.124. The Kier molecular flexibility index (Phi) is 3.52. The van der Waals surface area contributed by atoms with E-state index in [4.69, 9.17) is 4.74 Å². The highest BCUT2D eigenvalue weighted by atomic mass is 16.5. The second-order valence-electron chi connectivity index (χ2n) is 4.97. The number of H-pyrrole nitrogens is 1. The number of rotatable bonds is 3. The number of amides is 1. The van der Waals surface area contributed by atoms with E-state index in [0.29, 0.717) is 12.4 Å². The minimum atomic E-state index is -0.339. The van der Waals surface area contributed by atoms with Gasteiger partial charge in [-0.05, 0) is 25.3 Å². The van der Waals surface area contributed by atoms with E-state index in [2.05, 4.69) is 15.5 Å². The Hall–Kier alpha value is -2.14. The number of aromatic amines is 1. The second kappa shape index (κ2) is 5.46. The van der Waals surface area contributed by atoms with E-state index in [0.717, 1.165) is 29.7 Å². The number of anilines is 1. The Labute approximate surface area is 117 Å². The molecule has 0 spiro atoms. The molecule has 1 aliphatic heterocycles. The number of hydrogen-bond acceptors (Lipinski definition) is 3. The average Bonchev–Trinajstić information content (AvgIpc) is 3.10. The third-order valence-electron chi connectivity index (χ3n) is 3.49. The van der Waals surface area contributed by atoms with Gasteiger partial charge in [-0.15, -0.1) is 0 Å². The molecule has 0 saturated carbocycles. The number of nitrogens with one attached hydrogen (secondary N) is 2. The van der Waals surface area contributed by atoms with Crippen molar-refractivity contribution in [1.29, 1.82) is 0 Å². The first-order chi connectivity index (χ1) is 9.74. The fourth-order valence-electron chi connectivity index (χ4n) is 2.39. The zero-order valence-corrected chi connectivity index (χ0v) is 11.3. The molecule has 1 atom stereocenters. The number of carbonyl (C=O) groups excluding carboxylic acids is 1. The fourth-order valence-corrected chi connectivity index (χ4v) is 2.39. The summed E-state index contributed by atoms with van der Waals surface area (Å²) in [5.74, 6) is 0.411. The summed E-state index contributed by atoms with van der Waals surface area (Å²) in [6, 6.07) is 9.88. The van der Waals surface area contributed by atoms with E-state index < -0.39 is 0 Å². The van der Waals surface area contributed by atoms with Gasteiger partial charge in [0, 0.05) is 18.2 Å². The molecule has 5 nitrogen and oxygen atoms in total. The van der Waals surface area contributed by atoms with Gasteiger partial charge in [0.25, 0.3) is 5.91 Å². The number of aromatic nitrogens is 2. The predicted octanol–water partition coefficient (Wildman–Crippen LogP) is 2.50. The first-order valence-corrected chi connectivity index (χ1v) is 6.78. The highest BCUT2D eigenvalue weighted by Crippen LogP contribution is 2.23. The molecule has 1 aromatic heterocycles. The van der Waals surface area contributed by atoms with Crippen molar-refractivity contribution in [3.8, 4) is 11.3 Å². The standard InChI is InChI=1S/C15H17N3O2/c1-10-5-2-3-6-11(10)12-9-14(18-17-12)16-15(19)13-7-4-8-20-13/h2-3,5-6,9,13H,4,7-8H2,1H3,(H2,16,17,18,19)/t13-/m1/s1. The minimum Gasteiger partial charge on any atom is -0.368 e. The summed E-state index contributed by atoms with van der Waals surface area (Å²) < 4.78 is 5.35. The Bertz CT molecular complexity index is 615. The molecule has 5 heteroatoms. The van der Waals surface area contributed by atoms with Crippen molar-refractivity contribution < 1.29 is 9.53 Å². The molecule has 1 fully saturated rings. The molecule has 0 bridgehead atoms. The molecule has 2 heterocycles. The van der Waals surface area contributed by atoms with E-state index in [1.54, 1.807) is 0 Å². The first-order valence-electron chi connectivity index (χ1n) is 6.78. The van der Waals surface area contributed by atoms with Crippen LogP contribution >= 0.6 is 0 Å². The van der Waals surface area contributed by atoms with Crippen LogP contribution < -0.4 is 5.32 Å². The molecular formula is C15H17N3O2. The quantitative estimate of drug-likeness (QED) is 0.901. The maximum absolute atomic E-state index is 11.9. The summed E-state index contributed by atoms with van der Waals surface area (Å²) in [5.41, 5.74) is 3.14. The lowest BCUT2D eigenvalue weighted by atomic mass is 10.1. The van der Waals surface area contributed by atoms with Crippen LogP contribution in [0.2, 0.25) is 0 Å². The number of ether oxygens (including phenoxy) is 1. The largest absolute Gasteiger partial charge is 0.368 e. The van der Waals surface area contributed by atoms with Crippen LogP contribution in [0.5, 0.6) is 0 Å². The number of benzene rings is 1. The van der Waals surface area contributed by atoms with Gasteiger partial charge in [-0.2, -0.15) is 5.10 Å². The molecule has 2 N–H and O–H groups in total. The van der Waals surface area contributed by atoms with Crippen LogP contribution in [0.1, 0.15) is 18.4 Å². The van der Waals surface area contributed by atoms with Crippen LogP contribution in [0, 0.1) is 6.92 Å². The molecule has 1 aliphatic rings. The molecule has 1 amide bonds. The van der Waals surface area contributed by atoms with Crippen molar-refractivity contribution in [2.45, 2.75) is 25.9 Å². The maximum atomic E-state index is 11.9. The van der Waals surface area contributed by atoms with Crippen molar-refractivity contribution in [3.05, 3.63) is 35.9 Å². The van der Waals surface area contributed by atoms with E-state index >= 15 is 0 Å².